The lowest BCUT2D eigenvalue weighted by atomic mass is 10.1. The summed E-state index contributed by atoms with van der Waals surface area (Å²) in [5.74, 6) is 1.20. The number of aromatic nitrogens is 2. The third kappa shape index (κ3) is 4.00. The van der Waals surface area contributed by atoms with Crippen LogP contribution in [0.5, 0.6) is 0 Å². The Hall–Kier alpha value is -0.540. The lowest BCUT2D eigenvalue weighted by Crippen LogP contribution is -2.35. The molecule has 0 amide bonds. The number of aryl methyl sites for hydroxylation is 2. The Morgan fingerprint density at radius 2 is 2.12 bits per heavy atom. The maximum Gasteiger partial charge on any atom is 0.0625 e. The minimum atomic E-state index is 0.363. The second-order valence-corrected chi connectivity index (χ2v) is 4.99. The maximum absolute atomic E-state index is 5.95. The first-order valence-electron chi connectivity index (χ1n) is 6.47. The van der Waals surface area contributed by atoms with Crippen molar-refractivity contribution in [2.24, 2.45) is 5.92 Å². The third-order valence-electron chi connectivity index (χ3n) is 3.09. The minimum absolute atomic E-state index is 0.363. The first-order valence-corrected chi connectivity index (χ1v) is 7.00. The minimum Gasteiger partial charge on any atom is -0.307 e. The van der Waals surface area contributed by atoms with Gasteiger partial charge in [-0.1, -0.05) is 20.8 Å². The van der Waals surface area contributed by atoms with E-state index in [0.29, 0.717) is 17.8 Å². The number of hydrogen-bond acceptors (Lipinski definition) is 2. The van der Waals surface area contributed by atoms with Gasteiger partial charge in [-0.2, -0.15) is 5.10 Å². The van der Waals surface area contributed by atoms with Gasteiger partial charge in [-0.3, -0.25) is 4.68 Å². The zero-order chi connectivity index (χ0) is 12.8. The Labute approximate surface area is 110 Å². The Morgan fingerprint density at radius 3 is 2.59 bits per heavy atom. The molecule has 1 atom stereocenters. The van der Waals surface area contributed by atoms with E-state index in [1.807, 2.05) is 0 Å². The summed E-state index contributed by atoms with van der Waals surface area (Å²) in [6.07, 6.45) is 0.989. The lowest BCUT2D eigenvalue weighted by Gasteiger charge is -2.19. The van der Waals surface area contributed by atoms with Crippen LogP contribution in [0.4, 0.5) is 0 Å². The van der Waals surface area contributed by atoms with Crippen LogP contribution in [0.1, 0.15) is 39.1 Å². The zero-order valence-corrected chi connectivity index (χ0v) is 12.1. The SMILES string of the molecule is CCc1cc(CNC(CCl)C(C)C)n(CC)n1. The molecule has 0 spiro atoms. The van der Waals surface area contributed by atoms with E-state index in [2.05, 4.69) is 48.9 Å². The summed E-state index contributed by atoms with van der Waals surface area (Å²) in [6.45, 7) is 10.4. The second-order valence-electron chi connectivity index (χ2n) is 4.68. The highest BCUT2D eigenvalue weighted by Crippen LogP contribution is 2.08. The Bertz CT molecular complexity index is 333. The third-order valence-corrected chi connectivity index (χ3v) is 3.42. The van der Waals surface area contributed by atoms with Crippen LogP contribution in [-0.4, -0.2) is 21.7 Å². The molecule has 1 heterocycles. The van der Waals surface area contributed by atoms with Gasteiger partial charge in [0, 0.05) is 25.0 Å². The zero-order valence-electron chi connectivity index (χ0n) is 11.3. The molecule has 0 aliphatic carbocycles. The summed E-state index contributed by atoms with van der Waals surface area (Å²) in [5, 5.41) is 8.04. The summed E-state index contributed by atoms with van der Waals surface area (Å²) in [6, 6.07) is 2.55. The van der Waals surface area contributed by atoms with Crippen molar-refractivity contribution in [1.29, 1.82) is 0 Å². The van der Waals surface area contributed by atoms with Crippen molar-refractivity contribution in [2.45, 2.75) is 53.2 Å². The van der Waals surface area contributed by atoms with E-state index in [0.717, 1.165) is 25.2 Å². The van der Waals surface area contributed by atoms with Crippen molar-refractivity contribution in [3.8, 4) is 0 Å². The van der Waals surface area contributed by atoms with Crippen molar-refractivity contribution in [3.63, 3.8) is 0 Å². The molecule has 1 aromatic rings. The van der Waals surface area contributed by atoms with E-state index in [9.17, 15) is 0 Å². The lowest BCUT2D eigenvalue weighted by molar-refractivity contribution is 0.421. The molecule has 0 radical (unpaired) electrons. The average molecular weight is 258 g/mol. The molecule has 0 saturated carbocycles. The number of hydrogen-bond donors (Lipinski definition) is 1. The van der Waals surface area contributed by atoms with E-state index >= 15 is 0 Å². The Kier molecular flexibility index (Phi) is 6.00. The van der Waals surface area contributed by atoms with Gasteiger partial charge in [-0.25, -0.2) is 0 Å². The van der Waals surface area contributed by atoms with Crippen LogP contribution in [0.25, 0.3) is 0 Å². The van der Waals surface area contributed by atoms with Gasteiger partial charge in [-0.05, 0) is 25.3 Å². The molecule has 0 aliphatic heterocycles. The van der Waals surface area contributed by atoms with Crippen LogP contribution >= 0.6 is 11.6 Å². The van der Waals surface area contributed by atoms with Gasteiger partial charge in [0.25, 0.3) is 0 Å². The van der Waals surface area contributed by atoms with Gasteiger partial charge in [0.2, 0.25) is 0 Å². The Balaban J connectivity index is 2.64. The molecule has 1 rings (SSSR count). The molecule has 0 aromatic carbocycles. The molecule has 0 aliphatic rings. The summed E-state index contributed by atoms with van der Waals surface area (Å²) < 4.78 is 2.07. The van der Waals surface area contributed by atoms with Gasteiger partial charge in [0.05, 0.1) is 11.4 Å². The molecular weight excluding hydrogens is 234 g/mol. The first-order chi connectivity index (χ1) is 8.12. The molecule has 0 fully saturated rings. The fourth-order valence-corrected chi connectivity index (χ4v) is 2.27. The normalized spacial score (nSPS) is 13.3. The second kappa shape index (κ2) is 7.02. The molecular formula is C13H24ClN3. The fraction of sp³-hybridized carbons (Fsp3) is 0.769. The molecule has 0 bridgehead atoms. The van der Waals surface area contributed by atoms with Gasteiger partial charge in [-0.15, -0.1) is 11.6 Å². The number of alkyl halides is 1. The topological polar surface area (TPSA) is 29.9 Å². The van der Waals surface area contributed by atoms with Crippen LogP contribution in [0.2, 0.25) is 0 Å². The summed E-state index contributed by atoms with van der Waals surface area (Å²) in [4.78, 5) is 0. The van der Waals surface area contributed by atoms with E-state index in [4.69, 9.17) is 11.6 Å². The fourth-order valence-electron chi connectivity index (χ4n) is 1.81. The molecule has 1 aromatic heterocycles. The quantitative estimate of drug-likeness (QED) is 0.762. The van der Waals surface area contributed by atoms with E-state index in [1.54, 1.807) is 0 Å². The molecule has 17 heavy (non-hydrogen) atoms. The summed E-state index contributed by atoms with van der Waals surface area (Å²) in [7, 11) is 0. The maximum atomic E-state index is 5.95. The van der Waals surface area contributed by atoms with Crippen LogP contribution in [0, 0.1) is 5.92 Å². The van der Waals surface area contributed by atoms with Crippen LogP contribution in [0.15, 0.2) is 6.07 Å². The number of halogens is 1. The average Bonchev–Trinajstić information content (AvgIpc) is 2.72. The van der Waals surface area contributed by atoms with Gasteiger partial charge < -0.3 is 5.32 Å². The van der Waals surface area contributed by atoms with Crippen molar-refractivity contribution < 1.29 is 0 Å². The standard InChI is InChI=1S/C13H24ClN3/c1-5-11-7-12(17(6-2)16-11)9-15-13(8-14)10(3)4/h7,10,13,15H,5-6,8-9H2,1-4H3. The largest absolute Gasteiger partial charge is 0.307 e. The van der Waals surface area contributed by atoms with Gasteiger partial charge in [0.15, 0.2) is 0 Å². The highest BCUT2D eigenvalue weighted by molar-refractivity contribution is 6.18. The predicted octanol–water partition coefficient (Wildman–Crippen LogP) is 2.82. The van der Waals surface area contributed by atoms with Crippen LogP contribution in [-0.2, 0) is 19.5 Å². The van der Waals surface area contributed by atoms with E-state index in [-0.39, 0.29) is 0 Å². The van der Waals surface area contributed by atoms with E-state index in [1.165, 1.54) is 5.69 Å². The summed E-state index contributed by atoms with van der Waals surface area (Å²) >= 11 is 5.95. The van der Waals surface area contributed by atoms with Crippen LogP contribution < -0.4 is 5.32 Å². The smallest absolute Gasteiger partial charge is 0.0625 e. The molecule has 1 N–H and O–H groups in total. The highest BCUT2D eigenvalue weighted by atomic mass is 35.5. The molecule has 0 saturated heterocycles. The molecule has 1 unspecified atom stereocenters. The summed E-state index contributed by atoms with van der Waals surface area (Å²) in [5.41, 5.74) is 2.41. The monoisotopic (exact) mass is 257 g/mol. The molecule has 4 heteroatoms. The van der Waals surface area contributed by atoms with Crippen molar-refractivity contribution in [1.82, 2.24) is 15.1 Å². The van der Waals surface area contributed by atoms with Gasteiger partial charge in [0.1, 0.15) is 0 Å². The predicted molar refractivity (Wildman–Crippen MR) is 73.5 cm³/mol. The highest BCUT2D eigenvalue weighted by Gasteiger charge is 2.13. The Morgan fingerprint density at radius 1 is 1.41 bits per heavy atom. The van der Waals surface area contributed by atoms with Crippen molar-refractivity contribution in [2.75, 3.05) is 5.88 Å². The number of nitrogens with one attached hydrogen (secondary N) is 1. The van der Waals surface area contributed by atoms with Crippen LogP contribution in [0.3, 0.4) is 0 Å². The van der Waals surface area contributed by atoms with Crippen molar-refractivity contribution in [3.05, 3.63) is 17.5 Å². The molecule has 3 nitrogen and oxygen atoms in total. The number of rotatable bonds is 7. The van der Waals surface area contributed by atoms with E-state index < -0.39 is 0 Å². The number of nitrogens with zero attached hydrogens (tertiary/aromatic N) is 2. The first kappa shape index (κ1) is 14.5. The molecule has 98 valence electrons. The van der Waals surface area contributed by atoms with Crippen molar-refractivity contribution >= 4 is 11.6 Å². The van der Waals surface area contributed by atoms with Gasteiger partial charge >= 0.3 is 0 Å².